The third-order valence-electron chi connectivity index (χ3n) is 5.45. The van der Waals surface area contributed by atoms with Crippen molar-refractivity contribution >= 4 is 23.1 Å². The highest BCUT2D eigenvalue weighted by molar-refractivity contribution is 5.61. The second-order valence-corrected chi connectivity index (χ2v) is 7.46. The van der Waals surface area contributed by atoms with Crippen molar-refractivity contribution in [1.82, 2.24) is 9.97 Å². The molecule has 0 atom stereocenters. The van der Waals surface area contributed by atoms with Gasteiger partial charge in [-0.25, -0.2) is 4.98 Å². The highest BCUT2D eigenvalue weighted by Gasteiger charge is 2.14. The summed E-state index contributed by atoms with van der Waals surface area (Å²) in [5.41, 5.74) is 2.37. The molecular formula is C21H29N5. The zero-order valence-corrected chi connectivity index (χ0v) is 15.5. The van der Waals surface area contributed by atoms with Crippen LogP contribution in [0.5, 0.6) is 0 Å². The Kier molecular flexibility index (Phi) is 5.53. The smallest absolute Gasteiger partial charge is 0.224 e. The molecule has 1 aliphatic carbocycles. The monoisotopic (exact) mass is 351 g/mol. The van der Waals surface area contributed by atoms with Gasteiger partial charge in [0.1, 0.15) is 5.82 Å². The molecule has 1 aliphatic heterocycles. The lowest BCUT2D eigenvalue weighted by Crippen LogP contribution is -2.20. The molecule has 1 aromatic heterocycles. The maximum atomic E-state index is 4.65. The second-order valence-electron chi connectivity index (χ2n) is 7.46. The summed E-state index contributed by atoms with van der Waals surface area (Å²) in [5, 5.41) is 6.93. The van der Waals surface area contributed by atoms with Crippen molar-refractivity contribution in [2.75, 3.05) is 28.6 Å². The molecule has 26 heavy (non-hydrogen) atoms. The Morgan fingerprint density at radius 3 is 2.31 bits per heavy atom. The van der Waals surface area contributed by atoms with Crippen molar-refractivity contribution in [1.29, 1.82) is 0 Å². The van der Waals surface area contributed by atoms with Crippen LogP contribution in [0.3, 0.4) is 0 Å². The molecule has 0 radical (unpaired) electrons. The van der Waals surface area contributed by atoms with E-state index in [0.717, 1.165) is 17.5 Å². The Balaban J connectivity index is 1.38. The minimum Gasteiger partial charge on any atom is -0.372 e. The molecule has 0 spiro atoms. The quantitative estimate of drug-likeness (QED) is 0.746. The third-order valence-corrected chi connectivity index (χ3v) is 5.45. The number of anilines is 4. The molecule has 2 aromatic rings. The highest BCUT2D eigenvalue weighted by atomic mass is 15.2. The van der Waals surface area contributed by atoms with Crippen LogP contribution < -0.4 is 15.5 Å². The van der Waals surface area contributed by atoms with Crippen LogP contribution >= 0.6 is 0 Å². The molecule has 2 heterocycles. The summed E-state index contributed by atoms with van der Waals surface area (Å²) in [7, 11) is 0. The molecule has 1 saturated carbocycles. The zero-order valence-electron chi connectivity index (χ0n) is 15.5. The van der Waals surface area contributed by atoms with Crippen LogP contribution in [-0.2, 0) is 0 Å². The standard InChI is InChI=1S/C21H29N5/c1-2-4-8-17(7-3-1)24-21-22-14-13-20(25-21)23-18-9-11-19(12-10-18)26-15-5-6-16-26/h9-14,17H,1-8,15-16H2,(H2,22,23,24,25). The Labute approximate surface area is 156 Å². The number of nitrogens with one attached hydrogen (secondary N) is 2. The molecule has 1 aromatic carbocycles. The van der Waals surface area contributed by atoms with Gasteiger partial charge in [-0.2, -0.15) is 4.98 Å². The summed E-state index contributed by atoms with van der Waals surface area (Å²) in [4.78, 5) is 11.5. The van der Waals surface area contributed by atoms with E-state index >= 15 is 0 Å². The van der Waals surface area contributed by atoms with E-state index in [-0.39, 0.29) is 0 Å². The van der Waals surface area contributed by atoms with Crippen LogP contribution in [0, 0.1) is 0 Å². The largest absolute Gasteiger partial charge is 0.372 e. The van der Waals surface area contributed by atoms with Crippen LogP contribution in [0.4, 0.5) is 23.1 Å². The van der Waals surface area contributed by atoms with Crippen molar-refractivity contribution in [3.05, 3.63) is 36.5 Å². The first-order valence-corrected chi connectivity index (χ1v) is 10.1. The van der Waals surface area contributed by atoms with Crippen LogP contribution in [0.15, 0.2) is 36.5 Å². The predicted octanol–water partition coefficient (Wildman–Crippen LogP) is 4.96. The maximum Gasteiger partial charge on any atom is 0.224 e. The molecule has 5 nitrogen and oxygen atoms in total. The molecule has 2 aliphatic rings. The highest BCUT2D eigenvalue weighted by Crippen LogP contribution is 2.24. The van der Waals surface area contributed by atoms with E-state index in [0.29, 0.717) is 6.04 Å². The van der Waals surface area contributed by atoms with Crippen LogP contribution in [-0.4, -0.2) is 29.1 Å². The number of aromatic nitrogens is 2. The van der Waals surface area contributed by atoms with E-state index in [1.807, 2.05) is 12.3 Å². The molecular weight excluding hydrogens is 322 g/mol. The van der Waals surface area contributed by atoms with Gasteiger partial charge < -0.3 is 15.5 Å². The minimum absolute atomic E-state index is 0.507. The maximum absolute atomic E-state index is 4.65. The second kappa shape index (κ2) is 8.39. The zero-order chi connectivity index (χ0) is 17.6. The Bertz CT molecular complexity index is 686. The van der Waals surface area contributed by atoms with Gasteiger partial charge in [0, 0.05) is 36.7 Å². The molecule has 0 amide bonds. The number of hydrogen-bond acceptors (Lipinski definition) is 5. The SMILES string of the molecule is c1cc(Nc2ccc(N3CCCC3)cc2)nc(NC2CCCCCC2)n1. The van der Waals surface area contributed by atoms with E-state index in [9.17, 15) is 0 Å². The van der Waals surface area contributed by atoms with E-state index in [1.54, 1.807) is 0 Å². The molecule has 138 valence electrons. The van der Waals surface area contributed by atoms with Crippen molar-refractivity contribution in [2.45, 2.75) is 57.4 Å². The molecule has 1 saturated heterocycles. The fourth-order valence-electron chi connectivity index (χ4n) is 3.98. The van der Waals surface area contributed by atoms with Gasteiger partial charge in [0.2, 0.25) is 5.95 Å². The minimum atomic E-state index is 0.507. The van der Waals surface area contributed by atoms with Crippen LogP contribution in [0.2, 0.25) is 0 Å². The van der Waals surface area contributed by atoms with Gasteiger partial charge in [0.25, 0.3) is 0 Å². The number of nitrogens with zero attached hydrogens (tertiary/aromatic N) is 3. The van der Waals surface area contributed by atoms with Gasteiger partial charge in [-0.05, 0) is 56.0 Å². The first-order chi connectivity index (χ1) is 12.9. The summed E-state index contributed by atoms with van der Waals surface area (Å²) >= 11 is 0. The Hall–Kier alpha value is -2.30. The first-order valence-electron chi connectivity index (χ1n) is 10.1. The summed E-state index contributed by atoms with van der Waals surface area (Å²) in [6.45, 7) is 2.35. The molecule has 5 heteroatoms. The van der Waals surface area contributed by atoms with Gasteiger partial charge in [0.05, 0.1) is 0 Å². The van der Waals surface area contributed by atoms with Gasteiger partial charge in [0.15, 0.2) is 0 Å². The van der Waals surface area contributed by atoms with Gasteiger partial charge in [-0.3, -0.25) is 0 Å². The summed E-state index contributed by atoms with van der Waals surface area (Å²) in [5.74, 6) is 1.57. The normalized spacial score (nSPS) is 18.5. The lowest BCUT2D eigenvalue weighted by molar-refractivity contribution is 0.615. The van der Waals surface area contributed by atoms with Crippen LogP contribution in [0.1, 0.15) is 51.4 Å². The van der Waals surface area contributed by atoms with Crippen molar-refractivity contribution in [2.24, 2.45) is 0 Å². The molecule has 2 fully saturated rings. The average molecular weight is 351 g/mol. The number of benzene rings is 1. The van der Waals surface area contributed by atoms with E-state index in [2.05, 4.69) is 49.8 Å². The van der Waals surface area contributed by atoms with E-state index < -0.39 is 0 Å². The fraction of sp³-hybridized carbons (Fsp3) is 0.524. The molecule has 0 unspecified atom stereocenters. The first kappa shape index (κ1) is 17.1. The van der Waals surface area contributed by atoms with Crippen molar-refractivity contribution < 1.29 is 0 Å². The van der Waals surface area contributed by atoms with E-state index in [1.165, 1.54) is 70.1 Å². The third kappa shape index (κ3) is 4.45. The topological polar surface area (TPSA) is 53.1 Å². The van der Waals surface area contributed by atoms with Crippen molar-refractivity contribution in [3.63, 3.8) is 0 Å². The number of hydrogen-bond donors (Lipinski definition) is 2. The van der Waals surface area contributed by atoms with Gasteiger partial charge in [-0.15, -0.1) is 0 Å². The predicted molar refractivity (Wildman–Crippen MR) is 108 cm³/mol. The summed E-state index contributed by atoms with van der Waals surface area (Å²) in [6.07, 6.45) is 12.2. The molecule has 4 rings (SSSR count). The molecule has 2 N–H and O–H groups in total. The van der Waals surface area contributed by atoms with Crippen molar-refractivity contribution in [3.8, 4) is 0 Å². The Morgan fingerprint density at radius 2 is 1.58 bits per heavy atom. The lowest BCUT2D eigenvalue weighted by atomic mass is 10.1. The average Bonchev–Trinajstić information content (AvgIpc) is 3.08. The summed E-state index contributed by atoms with van der Waals surface area (Å²) < 4.78 is 0. The van der Waals surface area contributed by atoms with E-state index in [4.69, 9.17) is 0 Å². The van der Waals surface area contributed by atoms with Crippen LogP contribution in [0.25, 0.3) is 0 Å². The molecule has 0 bridgehead atoms. The Morgan fingerprint density at radius 1 is 0.846 bits per heavy atom. The number of rotatable bonds is 5. The van der Waals surface area contributed by atoms with Gasteiger partial charge >= 0.3 is 0 Å². The lowest BCUT2D eigenvalue weighted by Gasteiger charge is -2.18. The summed E-state index contributed by atoms with van der Waals surface area (Å²) in [6, 6.07) is 11.1. The fourth-order valence-corrected chi connectivity index (χ4v) is 3.98. The van der Waals surface area contributed by atoms with Gasteiger partial charge in [-0.1, -0.05) is 25.7 Å².